The van der Waals surface area contributed by atoms with E-state index in [1.807, 2.05) is 44.2 Å². The van der Waals surface area contributed by atoms with E-state index in [1.54, 1.807) is 36.4 Å². The summed E-state index contributed by atoms with van der Waals surface area (Å²) in [6, 6.07) is 19.9. The molecule has 7 heteroatoms. The van der Waals surface area contributed by atoms with Crippen molar-refractivity contribution in [2.45, 2.75) is 20.3 Å². The molecular formula is C27H24N2O5. The van der Waals surface area contributed by atoms with Crippen molar-refractivity contribution in [2.24, 2.45) is 0 Å². The lowest BCUT2D eigenvalue weighted by molar-refractivity contribution is -0.120. The van der Waals surface area contributed by atoms with Gasteiger partial charge in [0.1, 0.15) is 11.4 Å². The number of carbonyl (C=O) groups is 2. The molecule has 0 atom stereocenters. The first-order chi connectivity index (χ1) is 16.6. The lowest BCUT2D eigenvalue weighted by Crippen LogP contribution is -2.32. The van der Waals surface area contributed by atoms with Crippen molar-refractivity contribution in [2.75, 3.05) is 23.6 Å². The second kappa shape index (κ2) is 8.94. The minimum absolute atomic E-state index is 0.149. The fraction of sp³-hybridized carbons (Fsp3) is 0.185. The number of anilines is 2. The van der Waals surface area contributed by atoms with Crippen LogP contribution in [0.5, 0.6) is 17.2 Å². The van der Waals surface area contributed by atoms with Crippen LogP contribution in [0.15, 0.2) is 72.4 Å². The zero-order valence-electron chi connectivity index (χ0n) is 19.0. The first-order valence-electron chi connectivity index (χ1n) is 11.2. The summed E-state index contributed by atoms with van der Waals surface area (Å²) in [7, 11) is 0. The number of hydrogen-bond donors (Lipinski definition) is 1. The Balaban J connectivity index is 1.58. The lowest BCUT2D eigenvalue weighted by Gasteiger charge is -2.19. The molecular weight excluding hydrogens is 432 g/mol. The zero-order valence-corrected chi connectivity index (χ0v) is 19.0. The molecule has 0 fully saturated rings. The molecule has 0 saturated carbocycles. The van der Waals surface area contributed by atoms with Crippen molar-refractivity contribution < 1.29 is 23.8 Å². The van der Waals surface area contributed by atoms with Crippen LogP contribution in [0.4, 0.5) is 11.4 Å². The molecule has 0 radical (unpaired) electrons. The molecule has 2 amide bonds. The predicted octanol–water partition coefficient (Wildman–Crippen LogP) is 4.91. The number of carbonyl (C=O) groups excluding carboxylic acids is 2. The topological polar surface area (TPSA) is 77.1 Å². The first kappa shape index (κ1) is 21.6. The molecule has 5 rings (SSSR count). The average molecular weight is 456 g/mol. The standard InChI is InChI=1S/C27H24N2O5/c1-3-14-32-21-7-5-4-6-20(21)29-26(30)24(18-10-8-17(2)9-11-18)25(27(29)31)28-19-12-13-22-23(15-19)34-16-33-22/h4-13,15,28H,3,14,16H2,1-2H3. The number of hydrogen-bond acceptors (Lipinski definition) is 6. The van der Waals surface area contributed by atoms with E-state index in [2.05, 4.69) is 5.32 Å². The summed E-state index contributed by atoms with van der Waals surface area (Å²) in [5, 5.41) is 3.17. The number of nitrogens with zero attached hydrogens (tertiary/aromatic N) is 1. The maximum Gasteiger partial charge on any atom is 0.282 e. The molecule has 2 heterocycles. The summed E-state index contributed by atoms with van der Waals surface area (Å²) >= 11 is 0. The summed E-state index contributed by atoms with van der Waals surface area (Å²) in [5.74, 6) is 0.833. The highest BCUT2D eigenvalue weighted by molar-refractivity contribution is 6.46. The molecule has 0 saturated heterocycles. The van der Waals surface area contributed by atoms with Crippen LogP contribution < -0.4 is 24.4 Å². The summed E-state index contributed by atoms with van der Waals surface area (Å²) in [5.41, 5.74) is 3.23. The molecule has 0 aliphatic carbocycles. The van der Waals surface area contributed by atoms with Gasteiger partial charge in [-0.15, -0.1) is 0 Å². The highest BCUT2D eigenvalue weighted by atomic mass is 16.7. The van der Waals surface area contributed by atoms with Crippen LogP contribution in [0, 0.1) is 6.92 Å². The number of fused-ring (bicyclic) bond motifs is 1. The molecule has 172 valence electrons. The monoisotopic (exact) mass is 456 g/mol. The molecule has 0 unspecified atom stereocenters. The Labute approximate surface area is 197 Å². The molecule has 3 aromatic carbocycles. The van der Waals surface area contributed by atoms with Gasteiger partial charge in [0.15, 0.2) is 11.5 Å². The third-order valence-corrected chi connectivity index (χ3v) is 5.63. The van der Waals surface area contributed by atoms with Crippen LogP contribution in [-0.2, 0) is 9.59 Å². The maximum absolute atomic E-state index is 13.7. The Hall–Kier alpha value is -4.26. The normalized spacial score (nSPS) is 14.7. The molecule has 0 aromatic heterocycles. The van der Waals surface area contributed by atoms with Gasteiger partial charge in [-0.25, -0.2) is 4.90 Å². The molecule has 34 heavy (non-hydrogen) atoms. The third kappa shape index (κ3) is 3.85. The van der Waals surface area contributed by atoms with Crippen molar-refractivity contribution in [3.05, 3.63) is 83.6 Å². The van der Waals surface area contributed by atoms with Gasteiger partial charge in [-0.1, -0.05) is 48.9 Å². The highest BCUT2D eigenvalue weighted by Gasteiger charge is 2.41. The van der Waals surface area contributed by atoms with E-state index in [-0.39, 0.29) is 12.5 Å². The third-order valence-electron chi connectivity index (χ3n) is 5.63. The van der Waals surface area contributed by atoms with E-state index in [1.165, 1.54) is 4.90 Å². The predicted molar refractivity (Wildman–Crippen MR) is 129 cm³/mol. The number of rotatable bonds is 7. The molecule has 2 aliphatic heterocycles. The van der Waals surface area contributed by atoms with Gasteiger partial charge < -0.3 is 19.5 Å². The van der Waals surface area contributed by atoms with E-state index in [4.69, 9.17) is 14.2 Å². The summed E-state index contributed by atoms with van der Waals surface area (Å²) in [4.78, 5) is 28.6. The second-order valence-corrected chi connectivity index (χ2v) is 8.07. The van der Waals surface area contributed by atoms with E-state index < -0.39 is 11.8 Å². The SMILES string of the molecule is CCCOc1ccccc1N1C(=O)C(Nc2ccc3c(c2)OCO3)=C(c2ccc(C)cc2)C1=O. The molecule has 7 nitrogen and oxygen atoms in total. The van der Waals surface area contributed by atoms with E-state index in [0.29, 0.717) is 46.4 Å². The van der Waals surface area contributed by atoms with Gasteiger partial charge in [-0.05, 0) is 43.2 Å². The summed E-state index contributed by atoms with van der Waals surface area (Å²) in [6.07, 6.45) is 0.806. The lowest BCUT2D eigenvalue weighted by atomic mass is 10.0. The van der Waals surface area contributed by atoms with Gasteiger partial charge in [0.2, 0.25) is 6.79 Å². The minimum Gasteiger partial charge on any atom is -0.491 e. The Morgan fingerprint density at radius 2 is 1.71 bits per heavy atom. The number of nitrogens with one attached hydrogen (secondary N) is 1. The molecule has 3 aromatic rings. The van der Waals surface area contributed by atoms with Crippen molar-refractivity contribution in [3.63, 3.8) is 0 Å². The van der Waals surface area contributed by atoms with Crippen LogP contribution in [-0.4, -0.2) is 25.2 Å². The zero-order chi connectivity index (χ0) is 23.7. The Morgan fingerprint density at radius 3 is 2.50 bits per heavy atom. The van der Waals surface area contributed by atoms with E-state index in [9.17, 15) is 9.59 Å². The van der Waals surface area contributed by atoms with Crippen molar-refractivity contribution in [1.29, 1.82) is 0 Å². The number of ether oxygens (including phenoxy) is 3. The van der Waals surface area contributed by atoms with E-state index in [0.717, 1.165) is 12.0 Å². The number of aryl methyl sites for hydroxylation is 1. The van der Waals surface area contributed by atoms with Crippen LogP contribution in [0.3, 0.4) is 0 Å². The van der Waals surface area contributed by atoms with Gasteiger partial charge in [0.25, 0.3) is 11.8 Å². The van der Waals surface area contributed by atoms with Crippen LogP contribution in [0.1, 0.15) is 24.5 Å². The van der Waals surface area contributed by atoms with Crippen molar-refractivity contribution in [3.8, 4) is 17.2 Å². The fourth-order valence-corrected chi connectivity index (χ4v) is 3.95. The number of imide groups is 1. The molecule has 2 aliphatic rings. The van der Waals surface area contributed by atoms with Crippen LogP contribution >= 0.6 is 0 Å². The Kier molecular flexibility index (Phi) is 5.67. The smallest absolute Gasteiger partial charge is 0.282 e. The Morgan fingerprint density at radius 1 is 0.941 bits per heavy atom. The first-order valence-corrected chi connectivity index (χ1v) is 11.2. The fourth-order valence-electron chi connectivity index (χ4n) is 3.95. The van der Waals surface area contributed by atoms with Gasteiger partial charge >= 0.3 is 0 Å². The highest BCUT2D eigenvalue weighted by Crippen LogP contribution is 2.39. The number of benzene rings is 3. The largest absolute Gasteiger partial charge is 0.491 e. The molecule has 0 bridgehead atoms. The van der Waals surface area contributed by atoms with E-state index >= 15 is 0 Å². The summed E-state index contributed by atoms with van der Waals surface area (Å²) < 4.78 is 16.7. The quantitative estimate of drug-likeness (QED) is 0.509. The van der Waals surface area contributed by atoms with Crippen LogP contribution in [0.25, 0.3) is 5.57 Å². The summed E-state index contributed by atoms with van der Waals surface area (Å²) in [6.45, 7) is 4.60. The molecule has 1 N–H and O–H groups in total. The number of para-hydroxylation sites is 2. The molecule has 0 spiro atoms. The van der Waals surface area contributed by atoms with Crippen LogP contribution in [0.2, 0.25) is 0 Å². The number of amides is 2. The minimum atomic E-state index is -0.453. The van der Waals surface area contributed by atoms with Gasteiger partial charge in [-0.2, -0.15) is 0 Å². The van der Waals surface area contributed by atoms with Gasteiger partial charge in [-0.3, -0.25) is 9.59 Å². The maximum atomic E-state index is 13.7. The van der Waals surface area contributed by atoms with Crippen molar-refractivity contribution >= 4 is 28.8 Å². The van der Waals surface area contributed by atoms with Gasteiger partial charge in [0.05, 0.1) is 17.9 Å². The van der Waals surface area contributed by atoms with Crippen molar-refractivity contribution in [1.82, 2.24) is 0 Å². The van der Waals surface area contributed by atoms with Gasteiger partial charge in [0, 0.05) is 11.8 Å². The second-order valence-electron chi connectivity index (χ2n) is 8.07. The average Bonchev–Trinajstić information content (AvgIpc) is 3.41. The Bertz CT molecular complexity index is 1300.